The molecule has 1 heterocycles. The zero-order chi connectivity index (χ0) is 17.9. The second-order valence-corrected chi connectivity index (χ2v) is 7.04. The van der Waals surface area contributed by atoms with Crippen LogP contribution < -0.4 is 10.6 Å². The van der Waals surface area contributed by atoms with Crippen molar-refractivity contribution in [2.75, 3.05) is 0 Å². The van der Waals surface area contributed by atoms with Crippen LogP contribution in [0.5, 0.6) is 0 Å². The number of aromatic nitrogens is 2. The van der Waals surface area contributed by atoms with E-state index in [2.05, 4.69) is 20.6 Å². The molecule has 1 aliphatic carbocycles. The van der Waals surface area contributed by atoms with Crippen LogP contribution in [-0.2, 0) is 22.4 Å². The Hall–Kier alpha value is -2.34. The highest BCUT2D eigenvalue weighted by molar-refractivity contribution is 6.30. The maximum Gasteiger partial charge on any atom is 0.243 e. The van der Waals surface area contributed by atoms with Gasteiger partial charge in [-0.15, -0.1) is 0 Å². The lowest BCUT2D eigenvalue weighted by Crippen LogP contribution is -2.51. The van der Waals surface area contributed by atoms with Crippen molar-refractivity contribution in [3.05, 3.63) is 53.1 Å². The van der Waals surface area contributed by atoms with Gasteiger partial charge in [-0.25, -0.2) is 4.98 Å². The zero-order valence-corrected chi connectivity index (χ0v) is 14.8. The van der Waals surface area contributed by atoms with Gasteiger partial charge in [0, 0.05) is 35.8 Å². The minimum atomic E-state index is -0.624. The van der Waals surface area contributed by atoms with Gasteiger partial charge in [-0.1, -0.05) is 23.7 Å². The van der Waals surface area contributed by atoms with Crippen LogP contribution in [-0.4, -0.2) is 33.4 Å². The Balaban J connectivity index is 1.65. The van der Waals surface area contributed by atoms with Crippen LogP contribution in [0.4, 0.5) is 0 Å². The van der Waals surface area contributed by atoms with E-state index in [1.807, 2.05) is 24.3 Å². The summed E-state index contributed by atoms with van der Waals surface area (Å²) in [4.78, 5) is 31.1. The van der Waals surface area contributed by atoms with Gasteiger partial charge >= 0.3 is 0 Å². The Labute approximate surface area is 151 Å². The summed E-state index contributed by atoms with van der Waals surface area (Å²) >= 11 is 5.92. The highest BCUT2D eigenvalue weighted by Gasteiger charge is 2.44. The van der Waals surface area contributed by atoms with Gasteiger partial charge in [0.1, 0.15) is 6.04 Å². The number of benzene rings is 1. The smallest absolute Gasteiger partial charge is 0.243 e. The summed E-state index contributed by atoms with van der Waals surface area (Å²) in [5, 5.41) is 6.55. The van der Waals surface area contributed by atoms with Gasteiger partial charge in [0.25, 0.3) is 0 Å². The van der Waals surface area contributed by atoms with Crippen molar-refractivity contribution in [1.29, 1.82) is 0 Å². The van der Waals surface area contributed by atoms with E-state index in [1.54, 1.807) is 12.5 Å². The molecule has 6 nitrogen and oxygen atoms in total. The molecule has 1 aromatic carbocycles. The minimum Gasteiger partial charge on any atom is -0.349 e. The average molecular weight is 361 g/mol. The Kier molecular flexibility index (Phi) is 5.08. The predicted molar refractivity (Wildman–Crippen MR) is 95.2 cm³/mol. The van der Waals surface area contributed by atoms with E-state index in [1.165, 1.54) is 6.92 Å². The number of amides is 2. The molecule has 132 valence electrons. The third-order valence-electron chi connectivity index (χ3n) is 4.37. The maximum absolute atomic E-state index is 12.7. The molecular formula is C18H21ClN4O2. The van der Waals surface area contributed by atoms with Crippen LogP contribution in [0.2, 0.25) is 5.02 Å². The third-order valence-corrected chi connectivity index (χ3v) is 4.62. The quantitative estimate of drug-likeness (QED) is 0.705. The zero-order valence-electron chi connectivity index (χ0n) is 14.0. The van der Waals surface area contributed by atoms with Crippen molar-refractivity contribution >= 4 is 23.4 Å². The van der Waals surface area contributed by atoms with E-state index in [0.717, 1.165) is 30.5 Å². The normalized spacial score (nSPS) is 16.1. The van der Waals surface area contributed by atoms with Gasteiger partial charge in [0.05, 0.1) is 6.33 Å². The van der Waals surface area contributed by atoms with Crippen LogP contribution in [0.25, 0.3) is 0 Å². The predicted octanol–water partition coefficient (Wildman–Crippen LogP) is 2.00. The fraction of sp³-hybridized carbons (Fsp3) is 0.389. The Morgan fingerprint density at radius 1 is 1.32 bits per heavy atom. The van der Waals surface area contributed by atoms with Crippen molar-refractivity contribution in [2.24, 2.45) is 0 Å². The van der Waals surface area contributed by atoms with Crippen LogP contribution in [0, 0.1) is 0 Å². The van der Waals surface area contributed by atoms with E-state index in [4.69, 9.17) is 11.6 Å². The summed E-state index contributed by atoms with van der Waals surface area (Å²) in [5.41, 5.74) is 1.71. The third kappa shape index (κ3) is 4.82. The van der Waals surface area contributed by atoms with E-state index in [-0.39, 0.29) is 17.4 Å². The van der Waals surface area contributed by atoms with Crippen molar-refractivity contribution in [3.8, 4) is 0 Å². The highest BCUT2D eigenvalue weighted by atomic mass is 35.5. The molecule has 0 radical (unpaired) electrons. The standard InChI is InChI=1S/C18H21ClN4O2/c1-12(24)22-16(8-15-10-20-11-21-15)17(25)23-18(6-7-18)9-13-2-4-14(19)5-3-13/h2-5,10-11,16H,6-9H2,1H3,(H,20,21)(H,22,24)(H,23,25). The number of carbonyl (C=O) groups is 2. The lowest BCUT2D eigenvalue weighted by molar-refractivity contribution is -0.128. The summed E-state index contributed by atoms with van der Waals surface area (Å²) in [6.45, 7) is 1.41. The molecule has 0 saturated heterocycles. The SMILES string of the molecule is CC(=O)NC(Cc1cnc[nH]1)C(=O)NC1(Cc2ccc(Cl)cc2)CC1. The van der Waals surface area contributed by atoms with E-state index in [9.17, 15) is 9.59 Å². The molecule has 25 heavy (non-hydrogen) atoms. The lowest BCUT2D eigenvalue weighted by Gasteiger charge is -2.23. The number of nitrogens with zero attached hydrogens (tertiary/aromatic N) is 1. The molecule has 1 fully saturated rings. The fourth-order valence-corrected chi connectivity index (χ4v) is 3.04. The van der Waals surface area contributed by atoms with Crippen molar-refractivity contribution < 1.29 is 9.59 Å². The number of hydrogen-bond acceptors (Lipinski definition) is 3. The van der Waals surface area contributed by atoms with Gasteiger partial charge in [0.2, 0.25) is 11.8 Å². The Morgan fingerprint density at radius 2 is 2.04 bits per heavy atom. The molecule has 0 aliphatic heterocycles. The number of rotatable bonds is 7. The number of hydrogen-bond donors (Lipinski definition) is 3. The summed E-state index contributed by atoms with van der Waals surface area (Å²) in [5.74, 6) is -0.404. The van der Waals surface area contributed by atoms with Crippen LogP contribution >= 0.6 is 11.6 Å². The van der Waals surface area contributed by atoms with Gasteiger partial charge in [-0.3, -0.25) is 9.59 Å². The highest BCUT2D eigenvalue weighted by Crippen LogP contribution is 2.38. The lowest BCUT2D eigenvalue weighted by atomic mass is 10.0. The summed E-state index contributed by atoms with van der Waals surface area (Å²) < 4.78 is 0. The van der Waals surface area contributed by atoms with E-state index >= 15 is 0 Å². The molecule has 2 aromatic rings. The molecule has 1 unspecified atom stereocenters. The molecule has 1 atom stereocenters. The molecule has 1 saturated carbocycles. The number of carbonyl (C=O) groups excluding carboxylic acids is 2. The number of imidazole rings is 1. The summed E-state index contributed by atoms with van der Waals surface area (Å²) in [6.07, 6.45) is 6.20. The topological polar surface area (TPSA) is 86.9 Å². The largest absolute Gasteiger partial charge is 0.349 e. The Morgan fingerprint density at radius 3 is 2.60 bits per heavy atom. The minimum absolute atomic E-state index is 0.170. The monoisotopic (exact) mass is 360 g/mol. The van der Waals surface area contributed by atoms with Crippen LogP contribution in [0.15, 0.2) is 36.8 Å². The second kappa shape index (κ2) is 7.27. The van der Waals surface area contributed by atoms with Gasteiger partial charge in [-0.05, 0) is 37.0 Å². The maximum atomic E-state index is 12.7. The van der Waals surface area contributed by atoms with Crippen molar-refractivity contribution in [1.82, 2.24) is 20.6 Å². The number of H-pyrrole nitrogens is 1. The molecule has 3 rings (SSSR count). The molecular weight excluding hydrogens is 340 g/mol. The second-order valence-electron chi connectivity index (χ2n) is 6.61. The molecule has 3 N–H and O–H groups in total. The molecule has 0 bridgehead atoms. The van der Waals surface area contributed by atoms with Crippen molar-refractivity contribution in [2.45, 2.75) is 44.2 Å². The van der Waals surface area contributed by atoms with Crippen molar-refractivity contribution in [3.63, 3.8) is 0 Å². The first kappa shape index (κ1) is 17.5. The van der Waals surface area contributed by atoms with Crippen LogP contribution in [0.1, 0.15) is 31.0 Å². The molecule has 7 heteroatoms. The number of halogens is 1. The first-order chi connectivity index (χ1) is 12.0. The molecule has 0 spiro atoms. The van der Waals surface area contributed by atoms with Gasteiger partial charge < -0.3 is 15.6 Å². The van der Waals surface area contributed by atoms with Crippen LogP contribution in [0.3, 0.4) is 0 Å². The summed E-state index contributed by atoms with van der Waals surface area (Å²) in [6, 6.07) is 7.04. The first-order valence-corrected chi connectivity index (χ1v) is 8.64. The molecule has 2 amide bonds. The fourth-order valence-electron chi connectivity index (χ4n) is 2.91. The Bertz CT molecular complexity index is 739. The molecule has 1 aliphatic rings. The average Bonchev–Trinajstić information content (AvgIpc) is 3.10. The summed E-state index contributed by atoms with van der Waals surface area (Å²) in [7, 11) is 0. The molecule has 1 aromatic heterocycles. The van der Waals surface area contributed by atoms with Gasteiger partial charge in [0.15, 0.2) is 0 Å². The first-order valence-electron chi connectivity index (χ1n) is 8.27. The number of nitrogens with one attached hydrogen (secondary N) is 3. The van der Waals surface area contributed by atoms with E-state index < -0.39 is 6.04 Å². The van der Waals surface area contributed by atoms with E-state index in [0.29, 0.717) is 11.4 Å². The van der Waals surface area contributed by atoms with Gasteiger partial charge in [-0.2, -0.15) is 0 Å². The number of aromatic amines is 1.